The van der Waals surface area contributed by atoms with Crippen LogP contribution in [-0.4, -0.2) is 28.8 Å². The number of ether oxygens (including phenoxy) is 2. The van der Waals surface area contributed by atoms with Gasteiger partial charge in [0.1, 0.15) is 5.75 Å². The minimum absolute atomic E-state index is 0.151. The Hall–Kier alpha value is -3.38. The zero-order valence-electron chi connectivity index (χ0n) is 15.8. The van der Waals surface area contributed by atoms with Gasteiger partial charge in [0, 0.05) is 25.2 Å². The molecule has 0 spiro atoms. The number of methoxy groups -OCH3 is 2. The molecule has 0 amide bonds. The van der Waals surface area contributed by atoms with Gasteiger partial charge in [-0.2, -0.15) is 0 Å². The fraction of sp³-hybridized carbons (Fsp3) is 0.182. The molecule has 0 fully saturated rings. The third-order valence-electron chi connectivity index (χ3n) is 4.61. The average Bonchev–Trinajstić information content (AvgIpc) is 3.08. The molecule has 0 unspecified atom stereocenters. The molecule has 28 heavy (non-hydrogen) atoms. The van der Waals surface area contributed by atoms with Gasteiger partial charge in [-0.15, -0.1) is 0 Å². The summed E-state index contributed by atoms with van der Waals surface area (Å²) in [7, 11) is 3.27. The summed E-state index contributed by atoms with van der Waals surface area (Å²) in [6, 6.07) is 19.2. The number of hydrogen-bond donors (Lipinski definition) is 1. The van der Waals surface area contributed by atoms with Crippen molar-refractivity contribution in [2.24, 2.45) is 0 Å². The lowest BCUT2D eigenvalue weighted by Crippen LogP contribution is -2.16. The van der Waals surface area contributed by atoms with Crippen LogP contribution in [0.1, 0.15) is 17.0 Å². The first-order chi connectivity index (χ1) is 13.7. The average molecular weight is 375 g/mol. The van der Waals surface area contributed by atoms with Crippen LogP contribution < -0.4 is 10.3 Å². The maximum Gasteiger partial charge on any atom is 0.272 e. The van der Waals surface area contributed by atoms with E-state index in [1.807, 2.05) is 54.6 Å². The molecule has 0 bridgehead atoms. The Kier molecular flexibility index (Phi) is 4.95. The highest BCUT2D eigenvalue weighted by Gasteiger charge is 2.17. The zero-order chi connectivity index (χ0) is 19.5. The topological polar surface area (TPSA) is 68.6 Å². The maximum absolute atomic E-state index is 12.7. The molecule has 0 aliphatic heterocycles. The molecule has 0 aliphatic rings. The molecule has 6 heteroatoms. The molecule has 4 rings (SSSR count). The van der Waals surface area contributed by atoms with Gasteiger partial charge in [0.2, 0.25) is 0 Å². The fourth-order valence-corrected chi connectivity index (χ4v) is 3.37. The predicted octanol–water partition coefficient (Wildman–Crippen LogP) is 3.44. The van der Waals surface area contributed by atoms with E-state index >= 15 is 0 Å². The lowest BCUT2D eigenvalue weighted by Gasteiger charge is -2.06. The van der Waals surface area contributed by atoms with Crippen LogP contribution in [0.3, 0.4) is 0 Å². The zero-order valence-corrected chi connectivity index (χ0v) is 15.8. The first-order valence-corrected chi connectivity index (χ1v) is 9.00. The summed E-state index contributed by atoms with van der Waals surface area (Å²) in [5.41, 5.74) is 4.87. The Balaban J connectivity index is 1.85. The molecule has 2 aromatic carbocycles. The van der Waals surface area contributed by atoms with E-state index in [1.165, 1.54) is 4.52 Å². The lowest BCUT2D eigenvalue weighted by molar-refractivity contribution is 0.181. The van der Waals surface area contributed by atoms with Crippen molar-refractivity contribution in [2.45, 2.75) is 13.0 Å². The maximum atomic E-state index is 12.7. The Labute approximate surface area is 162 Å². The lowest BCUT2D eigenvalue weighted by atomic mass is 10.1. The second kappa shape index (κ2) is 7.70. The van der Waals surface area contributed by atoms with Gasteiger partial charge in [0.15, 0.2) is 5.65 Å². The summed E-state index contributed by atoms with van der Waals surface area (Å²) in [5.74, 6) is 0.782. The van der Waals surface area contributed by atoms with Crippen molar-refractivity contribution in [1.82, 2.24) is 14.6 Å². The third-order valence-corrected chi connectivity index (χ3v) is 4.61. The number of nitrogens with zero attached hydrogens (tertiary/aromatic N) is 2. The molecule has 0 aliphatic carbocycles. The number of aromatic nitrogens is 3. The van der Waals surface area contributed by atoms with Crippen LogP contribution in [0, 0.1) is 0 Å². The molecular weight excluding hydrogens is 354 g/mol. The first-order valence-electron chi connectivity index (χ1n) is 9.00. The van der Waals surface area contributed by atoms with Crippen molar-refractivity contribution in [1.29, 1.82) is 0 Å². The monoisotopic (exact) mass is 375 g/mol. The van der Waals surface area contributed by atoms with Gasteiger partial charge in [0.25, 0.3) is 5.56 Å². The molecule has 0 saturated carbocycles. The van der Waals surface area contributed by atoms with E-state index in [2.05, 4.69) is 5.10 Å². The highest BCUT2D eigenvalue weighted by molar-refractivity contribution is 5.79. The summed E-state index contributed by atoms with van der Waals surface area (Å²) in [5, 5.41) is 3.14. The number of hydrogen-bond acceptors (Lipinski definition) is 4. The van der Waals surface area contributed by atoms with E-state index in [4.69, 9.17) is 14.5 Å². The highest BCUT2D eigenvalue weighted by atomic mass is 16.5. The summed E-state index contributed by atoms with van der Waals surface area (Å²) in [4.78, 5) is 17.5. The molecule has 0 atom stereocenters. The Morgan fingerprint density at radius 3 is 2.61 bits per heavy atom. The molecule has 2 heterocycles. The minimum atomic E-state index is -0.151. The largest absolute Gasteiger partial charge is 0.497 e. The van der Waals surface area contributed by atoms with Crippen LogP contribution in [0.4, 0.5) is 0 Å². The van der Waals surface area contributed by atoms with Crippen LogP contribution in [0.25, 0.3) is 16.8 Å². The molecule has 6 nitrogen and oxygen atoms in total. The normalized spacial score (nSPS) is 11.1. The van der Waals surface area contributed by atoms with Gasteiger partial charge in [-0.1, -0.05) is 42.5 Å². The van der Waals surface area contributed by atoms with Crippen molar-refractivity contribution in [3.63, 3.8) is 0 Å². The SMILES string of the molecule is COCc1[nH]n2c(=O)cc(Cc3cccc(OC)c3)nc2c1-c1ccccc1. The number of aromatic amines is 1. The van der Waals surface area contributed by atoms with Crippen LogP contribution in [0.2, 0.25) is 0 Å². The van der Waals surface area contributed by atoms with Crippen molar-refractivity contribution in [3.8, 4) is 16.9 Å². The Morgan fingerprint density at radius 2 is 1.86 bits per heavy atom. The van der Waals surface area contributed by atoms with Crippen molar-refractivity contribution in [2.75, 3.05) is 14.2 Å². The van der Waals surface area contributed by atoms with E-state index in [1.54, 1.807) is 20.3 Å². The quantitative estimate of drug-likeness (QED) is 0.561. The van der Waals surface area contributed by atoms with Gasteiger partial charge < -0.3 is 9.47 Å². The summed E-state index contributed by atoms with van der Waals surface area (Å²) < 4.78 is 12.1. The fourth-order valence-electron chi connectivity index (χ4n) is 3.37. The van der Waals surface area contributed by atoms with Gasteiger partial charge in [-0.3, -0.25) is 9.89 Å². The Morgan fingerprint density at radius 1 is 1.04 bits per heavy atom. The number of H-pyrrole nitrogens is 1. The van der Waals surface area contributed by atoms with E-state index in [-0.39, 0.29) is 5.56 Å². The van der Waals surface area contributed by atoms with E-state index in [0.717, 1.165) is 28.1 Å². The minimum Gasteiger partial charge on any atom is -0.497 e. The number of nitrogens with one attached hydrogen (secondary N) is 1. The van der Waals surface area contributed by atoms with Crippen LogP contribution >= 0.6 is 0 Å². The van der Waals surface area contributed by atoms with E-state index in [9.17, 15) is 4.79 Å². The van der Waals surface area contributed by atoms with Crippen LogP contribution in [0.15, 0.2) is 65.5 Å². The molecule has 0 saturated heterocycles. The first kappa shape index (κ1) is 18.0. The molecule has 0 radical (unpaired) electrons. The van der Waals surface area contributed by atoms with E-state index < -0.39 is 0 Å². The predicted molar refractivity (Wildman–Crippen MR) is 108 cm³/mol. The van der Waals surface area contributed by atoms with Crippen LogP contribution in [-0.2, 0) is 17.8 Å². The number of fused-ring (bicyclic) bond motifs is 1. The van der Waals surface area contributed by atoms with Gasteiger partial charge >= 0.3 is 0 Å². The number of benzene rings is 2. The molecule has 4 aromatic rings. The van der Waals surface area contributed by atoms with Gasteiger partial charge in [0.05, 0.1) is 25.1 Å². The van der Waals surface area contributed by atoms with Gasteiger partial charge in [-0.25, -0.2) is 9.50 Å². The summed E-state index contributed by atoms with van der Waals surface area (Å²) >= 11 is 0. The summed E-state index contributed by atoms with van der Waals surface area (Å²) in [6.07, 6.45) is 0.544. The van der Waals surface area contributed by atoms with Crippen molar-refractivity contribution in [3.05, 3.63) is 88.0 Å². The Bertz CT molecular complexity index is 1160. The molecule has 2 aromatic heterocycles. The second-order valence-corrected chi connectivity index (χ2v) is 6.54. The van der Waals surface area contributed by atoms with Crippen molar-refractivity contribution < 1.29 is 9.47 Å². The van der Waals surface area contributed by atoms with Crippen LogP contribution in [0.5, 0.6) is 5.75 Å². The molecular formula is C22H21N3O3. The molecule has 142 valence electrons. The highest BCUT2D eigenvalue weighted by Crippen LogP contribution is 2.27. The van der Waals surface area contributed by atoms with Gasteiger partial charge in [-0.05, 0) is 23.3 Å². The third kappa shape index (κ3) is 3.42. The summed E-state index contributed by atoms with van der Waals surface area (Å²) in [6.45, 7) is 0.359. The standard InChI is InChI=1S/C22H21N3O3/c1-27-14-19-21(16-8-4-3-5-9-16)22-23-17(13-20(26)25(22)24-19)11-15-7-6-10-18(12-15)28-2/h3-10,12-13,24H,11,14H2,1-2H3. The van der Waals surface area contributed by atoms with Crippen molar-refractivity contribution >= 4 is 5.65 Å². The smallest absolute Gasteiger partial charge is 0.272 e. The second-order valence-electron chi connectivity index (χ2n) is 6.54. The molecule has 1 N–H and O–H groups in total. The number of rotatable bonds is 6. The van der Waals surface area contributed by atoms with E-state index in [0.29, 0.717) is 24.4 Å².